The van der Waals surface area contributed by atoms with Gasteiger partial charge in [-0.15, -0.1) is 11.3 Å². The fourth-order valence-corrected chi connectivity index (χ4v) is 4.63. The number of halogens is 1. The Bertz CT molecular complexity index is 1150. The first-order valence-electron chi connectivity index (χ1n) is 10.3. The maximum atomic E-state index is 11.6. The van der Waals surface area contributed by atoms with Gasteiger partial charge in [0, 0.05) is 17.0 Å². The number of nitrogens with one attached hydrogen (secondary N) is 1. The molecule has 0 amide bonds. The van der Waals surface area contributed by atoms with E-state index in [1.807, 2.05) is 26.0 Å². The molecule has 6 nitrogen and oxygen atoms in total. The van der Waals surface area contributed by atoms with E-state index in [4.69, 9.17) is 21.6 Å². The number of hydrogen-bond acceptors (Lipinski definition) is 6. The molecule has 0 unspecified atom stereocenters. The van der Waals surface area contributed by atoms with E-state index in [9.17, 15) is 15.0 Å². The van der Waals surface area contributed by atoms with Gasteiger partial charge in [0.25, 0.3) is 0 Å². The van der Waals surface area contributed by atoms with Crippen LogP contribution in [0.2, 0.25) is 4.34 Å². The SMILES string of the molecule is CC(C)(Cc1ccc(Cl)s1)NC[C@H](O)COc1cc(-c2ccc(C#N)cc2)ccc1C(=O)O. The first-order chi connectivity index (χ1) is 15.7. The van der Waals surface area contributed by atoms with Crippen LogP contribution in [-0.4, -0.2) is 41.0 Å². The molecule has 2 aromatic carbocycles. The molecule has 0 bridgehead atoms. The summed E-state index contributed by atoms with van der Waals surface area (Å²) in [4.78, 5) is 12.8. The van der Waals surface area contributed by atoms with Crippen LogP contribution in [0.3, 0.4) is 0 Å². The zero-order valence-electron chi connectivity index (χ0n) is 18.3. The van der Waals surface area contributed by atoms with Gasteiger partial charge in [-0.3, -0.25) is 0 Å². The summed E-state index contributed by atoms with van der Waals surface area (Å²) >= 11 is 7.53. The Morgan fingerprint density at radius 3 is 2.48 bits per heavy atom. The molecule has 33 heavy (non-hydrogen) atoms. The maximum absolute atomic E-state index is 11.6. The van der Waals surface area contributed by atoms with E-state index in [-0.39, 0.29) is 30.0 Å². The Morgan fingerprint density at radius 2 is 1.88 bits per heavy atom. The third-order valence-electron chi connectivity index (χ3n) is 5.05. The summed E-state index contributed by atoms with van der Waals surface area (Å²) in [7, 11) is 0. The average molecular weight is 485 g/mol. The smallest absolute Gasteiger partial charge is 0.339 e. The lowest BCUT2D eigenvalue weighted by Crippen LogP contribution is -2.46. The van der Waals surface area contributed by atoms with E-state index in [0.717, 1.165) is 26.8 Å². The number of aliphatic hydroxyl groups is 1. The van der Waals surface area contributed by atoms with Crippen LogP contribution in [0.25, 0.3) is 11.1 Å². The normalized spacial score (nSPS) is 12.2. The van der Waals surface area contributed by atoms with Crippen molar-refractivity contribution in [1.29, 1.82) is 5.26 Å². The van der Waals surface area contributed by atoms with E-state index in [1.54, 1.807) is 36.4 Å². The second kappa shape index (κ2) is 10.8. The second-order valence-electron chi connectivity index (χ2n) is 8.32. The number of benzene rings is 2. The van der Waals surface area contributed by atoms with Crippen LogP contribution in [0.15, 0.2) is 54.6 Å². The minimum absolute atomic E-state index is 0.0162. The molecular formula is C25H25ClN2O4S. The minimum atomic E-state index is -1.11. The number of carbonyl (C=O) groups is 1. The monoisotopic (exact) mass is 484 g/mol. The number of nitriles is 1. The first kappa shape index (κ1) is 24.7. The van der Waals surface area contributed by atoms with Gasteiger partial charge < -0.3 is 20.3 Å². The van der Waals surface area contributed by atoms with Crippen molar-refractivity contribution in [1.82, 2.24) is 5.32 Å². The Kier molecular flexibility index (Phi) is 8.11. The highest BCUT2D eigenvalue weighted by Crippen LogP contribution is 2.28. The molecule has 3 aromatic rings. The van der Waals surface area contributed by atoms with Gasteiger partial charge in [-0.25, -0.2) is 4.79 Å². The number of rotatable bonds is 10. The Morgan fingerprint density at radius 1 is 1.18 bits per heavy atom. The molecule has 0 aliphatic rings. The number of thiophene rings is 1. The van der Waals surface area contributed by atoms with Crippen molar-refractivity contribution in [2.45, 2.75) is 31.9 Å². The van der Waals surface area contributed by atoms with E-state index < -0.39 is 12.1 Å². The minimum Gasteiger partial charge on any atom is -0.490 e. The van der Waals surface area contributed by atoms with E-state index in [0.29, 0.717) is 5.56 Å². The Hall–Kier alpha value is -2.89. The largest absolute Gasteiger partial charge is 0.490 e. The summed E-state index contributed by atoms with van der Waals surface area (Å²) in [6.07, 6.45) is -0.0790. The molecule has 1 heterocycles. The number of β-amino-alcohol motifs (C(OH)–C–C–N with tert-alkyl or cyclic N) is 1. The number of carboxylic acid groups (broad SMARTS) is 1. The lowest BCUT2D eigenvalue weighted by Gasteiger charge is -2.27. The summed E-state index contributed by atoms with van der Waals surface area (Å²) in [6, 6.07) is 17.7. The van der Waals surface area contributed by atoms with Gasteiger partial charge in [0.05, 0.1) is 16.0 Å². The van der Waals surface area contributed by atoms with Crippen molar-refractivity contribution < 1.29 is 19.7 Å². The topological polar surface area (TPSA) is 103 Å². The molecule has 3 N–H and O–H groups in total. The molecule has 172 valence electrons. The fraction of sp³-hybridized carbons (Fsp3) is 0.280. The molecule has 0 aliphatic carbocycles. The lowest BCUT2D eigenvalue weighted by atomic mass is 9.99. The number of aromatic carboxylic acids is 1. The molecule has 0 saturated carbocycles. The summed E-state index contributed by atoms with van der Waals surface area (Å²) in [5, 5.41) is 32.2. The van der Waals surface area contributed by atoms with Crippen molar-refractivity contribution in [3.8, 4) is 22.9 Å². The molecule has 0 radical (unpaired) electrons. The molecular weight excluding hydrogens is 460 g/mol. The van der Waals surface area contributed by atoms with Crippen LogP contribution in [0.5, 0.6) is 5.75 Å². The highest BCUT2D eigenvalue weighted by atomic mass is 35.5. The van der Waals surface area contributed by atoms with Crippen LogP contribution in [0.1, 0.15) is 34.6 Å². The van der Waals surface area contributed by atoms with Crippen LogP contribution in [0, 0.1) is 11.3 Å². The predicted molar refractivity (Wildman–Crippen MR) is 130 cm³/mol. The fourth-order valence-electron chi connectivity index (χ4n) is 3.32. The second-order valence-corrected chi connectivity index (χ2v) is 10.1. The van der Waals surface area contributed by atoms with E-state index >= 15 is 0 Å². The molecule has 0 saturated heterocycles. The molecule has 0 spiro atoms. The molecule has 3 rings (SSSR count). The number of nitrogens with zero attached hydrogens (tertiary/aromatic N) is 1. The zero-order valence-corrected chi connectivity index (χ0v) is 19.9. The van der Waals surface area contributed by atoms with Crippen molar-refractivity contribution in [2.24, 2.45) is 0 Å². The van der Waals surface area contributed by atoms with Gasteiger partial charge >= 0.3 is 5.97 Å². The van der Waals surface area contributed by atoms with E-state index in [2.05, 4.69) is 11.4 Å². The van der Waals surface area contributed by atoms with E-state index in [1.165, 1.54) is 17.4 Å². The lowest BCUT2D eigenvalue weighted by molar-refractivity contribution is 0.0681. The third-order valence-corrected chi connectivity index (χ3v) is 6.28. The molecule has 8 heteroatoms. The first-order valence-corrected chi connectivity index (χ1v) is 11.5. The van der Waals surface area contributed by atoms with Gasteiger partial charge in [-0.1, -0.05) is 29.8 Å². The Balaban J connectivity index is 1.63. The van der Waals surface area contributed by atoms with Gasteiger partial charge in [0.2, 0.25) is 0 Å². The summed E-state index contributed by atoms with van der Waals surface area (Å²) < 4.78 is 6.46. The van der Waals surface area contributed by atoms with Crippen molar-refractivity contribution in [2.75, 3.05) is 13.2 Å². The van der Waals surface area contributed by atoms with Gasteiger partial charge in [-0.2, -0.15) is 5.26 Å². The maximum Gasteiger partial charge on any atom is 0.339 e. The van der Waals surface area contributed by atoms with Gasteiger partial charge in [-0.05, 0) is 67.8 Å². The average Bonchev–Trinajstić information content (AvgIpc) is 3.19. The van der Waals surface area contributed by atoms with Crippen LogP contribution >= 0.6 is 22.9 Å². The van der Waals surface area contributed by atoms with Gasteiger partial charge in [0.1, 0.15) is 24.0 Å². The van der Waals surface area contributed by atoms with Crippen LogP contribution < -0.4 is 10.1 Å². The number of hydrogen-bond donors (Lipinski definition) is 3. The van der Waals surface area contributed by atoms with Crippen LogP contribution in [-0.2, 0) is 6.42 Å². The third kappa shape index (κ3) is 7.04. The molecule has 0 fully saturated rings. The standard InChI is InChI=1S/C25H25ClN2O4S/c1-25(2,12-20-8-10-23(26)33-20)28-14-19(29)15-32-22-11-18(7-9-21(22)24(30)31)17-5-3-16(13-27)4-6-17/h3-11,19,28-29H,12,14-15H2,1-2H3,(H,30,31)/t19-/m0/s1. The summed E-state index contributed by atoms with van der Waals surface area (Å²) in [5.41, 5.74) is 1.87. The summed E-state index contributed by atoms with van der Waals surface area (Å²) in [5.74, 6) is -0.935. The highest BCUT2D eigenvalue weighted by molar-refractivity contribution is 7.16. The van der Waals surface area contributed by atoms with Crippen molar-refractivity contribution in [3.05, 3.63) is 74.9 Å². The highest BCUT2D eigenvalue weighted by Gasteiger charge is 2.21. The quantitative estimate of drug-likeness (QED) is 0.374. The number of aliphatic hydroxyl groups excluding tert-OH is 1. The molecule has 1 aromatic heterocycles. The molecule has 0 aliphatic heterocycles. The number of ether oxygens (including phenoxy) is 1. The van der Waals surface area contributed by atoms with Crippen molar-refractivity contribution >= 4 is 28.9 Å². The van der Waals surface area contributed by atoms with Gasteiger partial charge in [0.15, 0.2) is 0 Å². The van der Waals surface area contributed by atoms with Crippen molar-refractivity contribution in [3.63, 3.8) is 0 Å². The summed E-state index contributed by atoms with van der Waals surface area (Å²) in [6.45, 7) is 4.30. The zero-order chi connectivity index (χ0) is 24.0. The number of carboxylic acids is 1. The predicted octanol–water partition coefficient (Wildman–Crippen LogP) is 4.99. The molecule has 1 atom stereocenters. The Labute approximate surface area is 202 Å². The van der Waals surface area contributed by atoms with Crippen LogP contribution in [0.4, 0.5) is 0 Å².